The van der Waals surface area contributed by atoms with E-state index in [4.69, 9.17) is 11.6 Å². The zero-order valence-electron chi connectivity index (χ0n) is 8.87. The third kappa shape index (κ3) is 2.32. The van der Waals surface area contributed by atoms with Crippen LogP contribution in [0.25, 0.3) is 0 Å². The van der Waals surface area contributed by atoms with Crippen molar-refractivity contribution in [1.82, 2.24) is 4.98 Å². The monoisotopic (exact) mass is 273 g/mol. The molecule has 2 rings (SSSR count). The number of aliphatic hydroxyl groups is 1. The Morgan fingerprint density at radius 3 is 2.39 bits per heavy atom. The summed E-state index contributed by atoms with van der Waals surface area (Å²) >= 11 is 5.61. The zero-order valence-corrected chi connectivity index (χ0v) is 9.63. The van der Waals surface area contributed by atoms with E-state index in [2.05, 4.69) is 4.98 Å². The van der Waals surface area contributed by atoms with E-state index in [9.17, 15) is 18.3 Å². The molecular formula is C12H7ClF3NO. The van der Waals surface area contributed by atoms with Gasteiger partial charge in [0.1, 0.15) is 6.10 Å². The summed E-state index contributed by atoms with van der Waals surface area (Å²) < 4.78 is 39.2. The average Bonchev–Trinajstić information content (AvgIpc) is 2.36. The minimum atomic E-state index is -1.62. The molecular weight excluding hydrogens is 267 g/mol. The summed E-state index contributed by atoms with van der Waals surface area (Å²) in [4.78, 5) is 3.78. The van der Waals surface area contributed by atoms with Crippen LogP contribution in [0.3, 0.4) is 0 Å². The predicted octanol–water partition coefficient (Wildman–Crippen LogP) is 3.23. The summed E-state index contributed by atoms with van der Waals surface area (Å²) in [6.07, 6.45) is -0.227. The van der Waals surface area contributed by atoms with E-state index in [0.29, 0.717) is 5.02 Å². The smallest absolute Gasteiger partial charge is 0.194 e. The fourth-order valence-corrected chi connectivity index (χ4v) is 1.57. The Morgan fingerprint density at radius 1 is 1.06 bits per heavy atom. The van der Waals surface area contributed by atoms with Crippen LogP contribution in [-0.2, 0) is 0 Å². The molecule has 1 N–H and O–H groups in total. The van der Waals surface area contributed by atoms with Gasteiger partial charge in [0.25, 0.3) is 0 Å². The van der Waals surface area contributed by atoms with Gasteiger partial charge in [0.15, 0.2) is 17.5 Å². The molecule has 0 aliphatic carbocycles. The number of aromatic nitrogens is 1. The van der Waals surface area contributed by atoms with Crippen molar-refractivity contribution in [3.8, 4) is 0 Å². The number of nitrogens with zero attached hydrogens (tertiary/aromatic N) is 1. The molecule has 2 nitrogen and oxygen atoms in total. The van der Waals surface area contributed by atoms with E-state index in [1.165, 1.54) is 18.3 Å². The lowest BCUT2D eigenvalue weighted by molar-refractivity contribution is 0.208. The summed E-state index contributed by atoms with van der Waals surface area (Å²) in [5.41, 5.74) is -0.298. The molecule has 18 heavy (non-hydrogen) atoms. The van der Waals surface area contributed by atoms with Crippen LogP contribution in [-0.4, -0.2) is 10.1 Å². The van der Waals surface area contributed by atoms with Crippen molar-refractivity contribution in [2.45, 2.75) is 6.10 Å². The zero-order chi connectivity index (χ0) is 13.3. The van der Waals surface area contributed by atoms with Crippen molar-refractivity contribution in [2.75, 3.05) is 0 Å². The second kappa shape index (κ2) is 4.96. The van der Waals surface area contributed by atoms with Gasteiger partial charge in [-0.25, -0.2) is 13.2 Å². The van der Waals surface area contributed by atoms with Gasteiger partial charge in [-0.2, -0.15) is 0 Å². The molecule has 0 radical (unpaired) electrons. The molecule has 1 aromatic carbocycles. The first-order chi connectivity index (χ1) is 8.50. The van der Waals surface area contributed by atoms with Crippen LogP contribution in [0.1, 0.15) is 17.4 Å². The van der Waals surface area contributed by atoms with Crippen molar-refractivity contribution in [1.29, 1.82) is 0 Å². The normalized spacial score (nSPS) is 12.5. The van der Waals surface area contributed by atoms with Crippen LogP contribution in [0.5, 0.6) is 0 Å². The van der Waals surface area contributed by atoms with Crippen molar-refractivity contribution in [3.63, 3.8) is 0 Å². The Bertz CT molecular complexity index is 574. The summed E-state index contributed by atoms with van der Waals surface area (Å²) in [7, 11) is 0. The molecule has 0 saturated heterocycles. The summed E-state index contributed by atoms with van der Waals surface area (Å²) in [6, 6.07) is 4.53. The molecule has 0 amide bonds. The first-order valence-electron chi connectivity index (χ1n) is 4.93. The molecule has 0 spiro atoms. The Hall–Kier alpha value is -1.59. The van der Waals surface area contributed by atoms with E-state index < -0.39 is 23.6 Å². The maximum atomic E-state index is 13.4. The Morgan fingerprint density at radius 2 is 1.78 bits per heavy atom. The highest BCUT2D eigenvalue weighted by Crippen LogP contribution is 2.26. The third-order valence-corrected chi connectivity index (χ3v) is 2.61. The Balaban J connectivity index is 2.43. The molecule has 1 aromatic heterocycles. The van der Waals surface area contributed by atoms with E-state index in [1.54, 1.807) is 0 Å². The number of hydrogen-bond acceptors (Lipinski definition) is 2. The van der Waals surface area contributed by atoms with Gasteiger partial charge in [-0.3, -0.25) is 4.98 Å². The average molecular weight is 274 g/mol. The van der Waals surface area contributed by atoms with Gasteiger partial charge >= 0.3 is 0 Å². The molecule has 6 heteroatoms. The number of rotatable bonds is 2. The minimum absolute atomic E-state index is 0.0873. The number of hydrogen-bond donors (Lipinski definition) is 1. The van der Waals surface area contributed by atoms with Crippen LogP contribution in [0.2, 0.25) is 5.02 Å². The predicted molar refractivity (Wildman–Crippen MR) is 59.6 cm³/mol. The molecule has 0 aliphatic rings. The molecule has 94 valence electrons. The molecule has 0 aliphatic heterocycles. The van der Waals surface area contributed by atoms with Gasteiger partial charge in [0.2, 0.25) is 0 Å². The van der Waals surface area contributed by atoms with Gasteiger partial charge in [-0.05, 0) is 24.3 Å². The third-order valence-electron chi connectivity index (χ3n) is 2.39. The minimum Gasteiger partial charge on any atom is -0.382 e. The van der Waals surface area contributed by atoms with E-state index in [1.807, 2.05) is 0 Å². The van der Waals surface area contributed by atoms with Crippen molar-refractivity contribution >= 4 is 11.6 Å². The van der Waals surface area contributed by atoms with Gasteiger partial charge in [0, 0.05) is 11.8 Å². The van der Waals surface area contributed by atoms with Gasteiger partial charge < -0.3 is 5.11 Å². The molecule has 0 saturated carbocycles. The number of pyridine rings is 1. The van der Waals surface area contributed by atoms with Crippen molar-refractivity contribution < 1.29 is 18.3 Å². The Labute approximate surface area is 106 Å². The molecule has 1 heterocycles. The van der Waals surface area contributed by atoms with Crippen LogP contribution in [0.15, 0.2) is 30.5 Å². The van der Waals surface area contributed by atoms with Crippen molar-refractivity contribution in [3.05, 3.63) is 64.2 Å². The lowest BCUT2D eigenvalue weighted by Gasteiger charge is -2.12. The molecule has 0 fully saturated rings. The van der Waals surface area contributed by atoms with E-state index >= 15 is 0 Å². The second-order valence-corrected chi connectivity index (χ2v) is 4.00. The molecule has 1 atom stereocenters. The first-order valence-corrected chi connectivity index (χ1v) is 5.31. The summed E-state index contributed by atoms with van der Waals surface area (Å²) in [5.74, 6) is -4.37. The SMILES string of the molecule is OC(c1ccc(Cl)cn1)c1ccc(F)c(F)c1F. The highest BCUT2D eigenvalue weighted by Gasteiger charge is 2.21. The first kappa shape index (κ1) is 12.9. The highest BCUT2D eigenvalue weighted by molar-refractivity contribution is 6.30. The van der Waals surface area contributed by atoms with Crippen molar-refractivity contribution in [2.24, 2.45) is 0 Å². The van der Waals surface area contributed by atoms with Crippen LogP contribution in [0, 0.1) is 17.5 Å². The maximum absolute atomic E-state index is 13.4. The highest BCUT2D eigenvalue weighted by atomic mass is 35.5. The maximum Gasteiger partial charge on any atom is 0.194 e. The van der Waals surface area contributed by atoms with Crippen LogP contribution < -0.4 is 0 Å². The Kier molecular flexibility index (Phi) is 3.54. The largest absolute Gasteiger partial charge is 0.382 e. The standard InChI is InChI=1S/C12H7ClF3NO/c13-6-1-4-9(17-5-6)12(18)7-2-3-8(14)11(16)10(7)15/h1-5,12,18H. The van der Waals surface area contributed by atoms with Gasteiger partial charge in [0.05, 0.1) is 10.7 Å². The summed E-state index contributed by atoms with van der Waals surface area (Å²) in [5, 5.41) is 10.2. The molecule has 2 aromatic rings. The van der Waals surface area contributed by atoms with Crippen LogP contribution >= 0.6 is 11.6 Å². The number of aliphatic hydroxyl groups excluding tert-OH is 1. The fourth-order valence-electron chi connectivity index (χ4n) is 1.46. The summed E-state index contributed by atoms with van der Waals surface area (Å²) in [6.45, 7) is 0. The molecule has 0 bridgehead atoms. The lowest BCUT2D eigenvalue weighted by Crippen LogP contribution is -2.07. The van der Waals surface area contributed by atoms with Gasteiger partial charge in [-0.15, -0.1) is 0 Å². The topological polar surface area (TPSA) is 33.1 Å². The quantitative estimate of drug-likeness (QED) is 0.852. The van der Waals surface area contributed by atoms with E-state index in [0.717, 1.165) is 12.1 Å². The number of benzene rings is 1. The van der Waals surface area contributed by atoms with Crippen LogP contribution in [0.4, 0.5) is 13.2 Å². The lowest BCUT2D eigenvalue weighted by atomic mass is 10.0. The fraction of sp³-hybridized carbons (Fsp3) is 0.0833. The second-order valence-electron chi connectivity index (χ2n) is 3.57. The van der Waals surface area contributed by atoms with Gasteiger partial charge in [-0.1, -0.05) is 11.6 Å². The van der Waals surface area contributed by atoms with E-state index in [-0.39, 0.29) is 11.3 Å². The number of halogens is 4. The molecule has 1 unspecified atom stereocenters.